The van der Waals surface area contributed by atoms with E-state index in [9.17, 15) is 0 Å². The lowest BCUT2D eigenvalue weighted by atomic mass is 9.89. The van der Waals surface area contributed by atoms with Crippen LogP contribution in [-0.2, 0) is 0 Å². The normalized spacial score (nSPS) is 30.2. The Morgan fingerprint density at radius 2 is 2.00 bits per heavy atom. The maximum absolute atomic E-state index is 6.59. The third-order valence-electron chi connectivity index (χ3n) is 4.09. The minimum absolute atomic E-state index is 0.137. The van der Waals surface area contributed by atoms with Gasteiger partial charge in [-0.15, -0.1) is 0 Å². The van der Waals surface area contributed by atoms with E-state index in [0.717, 1.165) is 17.0 Å². The third-order valence-corrected chi connectivity index (χ3v) is 4.72. The van der Waals surface area contributed by atoms with E-state index in [1.54, 1.807) is 0 Å². The van der Waals surface area contributed by atoms with Crippen molar-refractivity contribution < 1.29 is 0 Å². The van der Waals surface area contributed by atoms with Crippen molar-refractivity contribution >= 4 is 28.9 Å². The molecule has 2 heterocycles. The molecule has 2 atom stereocenters. The molecule has 0 amide bonds. The molecule has 0 aromatic heterocycles. The second-order valence-corrected chi connectivity index (χ2v) is 6.02. The molecule has 0 aromatic carbocycles. The highest BCUT2D eigenvalue weighted by Gasteiger charge is 2.39. The fraction of sp³-hybridized carbons (Fsp3) is 0.188. The second kappa shape index (κ2) is 4.24. The molecule has 0 N–H and O–H groups in total. The molecule has 4 rings (SSSR count). The van der Waals surface area contributed by atoms with Gasteiger partial charge in [0.2, 0.25) is 0 Å². The minimum atomic E-state index is 0.137. The number of nitrogens with zero attached hydrogens (tertiary/aromatic N) is 2. The Balaban J connectivity index is 1.91. The molecule has 0 saturated heterocycles. The number of aliphatic imine (C=N–C) groups is 1. The quantitative estimate of drug-likeness (QED) is 0.663. The first-order valence-corrected chi connectivity index (χ1v) is 7.28. The van der Waals surface area contributed by atoms with Crippen LogP contribution in [0, 0.1) is 5.92 Å². The van der Waals surface area contributed by atoms with Gasteiger partial charge in [-0.1, -0.05) is 47.5 Å². The van der Waals surface area contributed by atoms with E-state index < -0.39 is 0 Å². The highest BCUT2D eigenvalue weighted by Crippen LogP contribution is 2.44. The van der Waals surface area contributed by atoms with Crippen LogP contribution < -0.4 is 0 Å². The summed E-state index contributed by atoms with van der Waals surface area (Å²) in [7, 11) is 2.09. The molecule has 2 unspecified atom stereocenters. The average molecular weight is 303 g/mol. The van der Waals surface area contributed by atoms with Gasteiger partial charge in [0.1, 0.15) is 5.70 Å². The highest BCUT2D eigenvalue weighted by molar-refractivity contribution is 6.34. The predicted molar refractivity (Wildman–Crippen MR) is 83.7 cm³/mol. The molecule has 100 valence electrons. The Morgan fingerprint density at radius 1 is 1.15 bits per heavy atom. The maximum Gasteiger partial charge on any atom is 0.102 e. The first-order chi connectivity index (χ1) is 9.66. The van der Waals surface area contributed by atoms with Crippen LogP contribution in [0.5, 0.6) is 0 Å². The van der Waals surface area contributed by atoms with Crippen molar-refractivity contribution in [3.05, 3.63) is 69.6 Å². The minimum Gasteiger partial charge on any atom is -0.365 e. The van der Waals surface area contributed by atoms with E-state index in [-0.39, 0.29) is 12.0 Å². The topological polar surface area (TPSA) is 15.6 Å². The average Bonchev–Trinajstić information content (AvgIpc) is 2.84. The van der Waals surface area contributed by atoms with Gasteiger partial charge in [-0.25, -0.2) is 4.99 Å². The van der Waals surface area contributed by atoms with Gasteiger partial charge in [-0.2, -0.15) is 0 Å². The highest BCUT2D eigenvalue weighted by atomic mass is 35.5. The summed E-state index contributed by atoms with van der Waals surface area (Å²) in [4.78, 5) is 6.96. The van der Waals surface area contributed by atoms with E-state index in [1.165, 1.54) is 5.70 Å². The van der Waals surface area contributed by atoms with Gasteiger partial charge < -0.3 is 4.90 Å². The fourth-order valence-corrected chi connectivity index (χ4v) is 3.63. The fourth-order valence-electron chi connectivity index (χ4n) is 3.14. The van der Waals surface area contributed by atoms with E-state index in [2.05, 4.69) is 30.2 Å². The molecule has 0 aromatic rings. The molecular formula is C16H12Cl2N2. The first-order valence-electron chi connectivity index (χ1n) is 6.52. The summed E-state index contributed by atoms with van der Waals surface area (Å²) in [6.45, 7) is 0. The zero-order valence-corrected chi connectivity index (χ0v) is 12.4. The van der Waals surface area contributed by atoms with Gasteiger partial charge >= 0.3 is 0 Å². The lowest BCUT2D eigenvalue weighted by molar-refractivity contribution is 0.364. The molecule has 2 aliphatic carbocycles. The van der Waals surface area contributed by atoms with Crippen molar-refractivity contribution in [1.29, 1.82) is 0 Å². The first kappa shape index (κ1) is 12.2. The monoisotopic (exact) mass is 302 g/mol. The van der Waals surface area contributed by atoms with Crippen LogP contribution in [0.2, 0.25) is 0 Å². The zero-order valence-electron chi connectivity index (χ0n) is 10.8. The van der Waals surface area contributed by atoms with Gasteiger partial charge in [0.05, 0.1) is 28.4 Å². The van der Waals surface area contributed by atoms with Crippen molar-refractivity contribution in [2.45, 2.75) is 6.04 Å². The molecule has 0 bridgehead atoms. The van der Waals surface area contributed by atoms with Gasteiger partial charge in [0.15, 0.2) is 0 Å². The number of hydrogen-bond donors (Lipinski definition) is 0. The number of rotatable bonds is 0. The Kier molecular flexibility index (Phi) is 2.60. The SMILES string of the molecule is CN1C2=C(N=C3C=CC=CC32)C(Cl)=C2C=C(Cl)C=CC21. The van der Waals surface area contributed by atoms with E-state index >= 15 is 0 Å². The van der Waals surface area contributed by atoms with Crippen molar-refractivity contribution in [1.82, 2.24) is 4.90 Å². The number of halogens is 2. The Labute approximate surface area is 127 Å². The molecule has 2 aliphatic heterocycles. The van der Waals surface area contributed by atoms with Crippen molar-refractivity contribution in [3.8, 4) is 0 Å². The van der Waals surface area contributed by atoms with Crippen molar-refractivity contribution in [2.75, 3.05) is 7.05 Å². The summed E-state index contributed by atoms with van der Waals surface area (Å²) >= 11 is 12.7. The van der Waals surface area contributed by atoms with Crippen LogP contribution in [0.1, 0.15) is 0 Å². The van der Waals surface area contributed by atoms with E-state index in [1.807, 2.05) is 24.3 Å². The van der Waals surface area contributed by atoms with Crippen LogP contribution in [0.25, 0.3) is 0 Å². The van der Waals surface area contributed by atoms with Gasteiger partial charge in [0, 0.05) is 17.7 Å². The summed E-state index contributed by atoms with van der Waals surface area (Å²) < 4.78 is 0. The standard InChI is InChI=1S/C16H12Cl2N2/c1-20-13-7-6-9(17)8-11(13)14(18)15-16(20)10-4-2-3-5-12(10)19-15/h2-8,10,13H,1H3. The lowest BCUT2D eigenvalue weighted by Gasteiger charge is -2.37. The van der Waals surface area contributed by atoms with Gasteiger partial charge in [-0.3, -0.25) is 0 Å². The third kappa shape index (κ3) is 1.55. The molecule has 4 heteroatoms. The molecule has 2 nitrogen and oxygen atoms in total. The number of hydrogen-bond acceptors (Lipinski definition) is 2. The van der Waals surface area contributed by atoms with Crippen LogP contribution >= 0.6 is 23.2 Å². The molecule has 20 heavy (non-hydrogen) atoms. The molecule has 0 radical (unpaired) electrons. The van der Waals surface area contributed by atoms with Crippen molar-refractivity contribution in [2.24, 2.45) is 10.9 Å². The summed E-state index contributed by atoms with van der Waals surface area (Å²) in [6.07, 6.45) is 14.2. The molecule has 0 spiro atoms. The van der Waals surface area contributed by atoms with E-state index in [0.29, 0.717) is 10.1 Å². The largest absolute Gasteiger partial charge is 0.365 e. The van der Waals surface area contributed by atoms with Crippen LogP contribution in [0.4, 0.5) is 0 Å². The molecule has 0 fully saturated rings. The smallest absolute Gasteiger partial charge is 0.102 e. The molecular weight excluding hydrogens is 291 g/mol. The Morgan fingerprint density at radius 3 is 2.85 bits per heavy atom. The van der Waals surface area contributed by atoms with Gasteiger partial charge in [-0.05, 0) is 18.2 Å². The summed E-state index contributed by atoms with van der Waals surface area (Å²) in [6, 6.07) is 0.137. The summed E-state index contributed by atoms with van der Waals surface area (Å²) in [5.41, 5.74) is 4.14. The number of likely N-dealkylation sites (N-methyl/N-ethyl adjacent to an activating group) is 1. The van der Waals surface area contributed by atoms with Crippen LogP contribution in [0.15, 0.2) is 74.6 Å². The molecule has 0 saturated carbocycles. The van der Waals surface area contributed by atoms with Crippen LogP contribution in [0.3, 0.4) is 0 Å². The second-order valence-electron chi connectivity index (χ2n) is 5.21. The Bertz CT molecular complexity index is 717. The van der Waals surface area contributed by atoms with Crippen LogP contribution in [-0.4, -0.2) is 23.7 Å². The number of fused-ring (bicyclic) bond motifs is 3. The summed E-state index contributed by atoms with van der Waals surface area (Å²) in [5, 5.41) is 1.42. The lowest BCUT2D eigenvalue weighted by Crippen LogP contribution is -2.38. The number of allylic oxidation sites excluding steroid dienone is 7. The van der Waals surface area contributed by atoms with Gasteiger partial charge in [0.25, 0.3) is 0 Å². The zero-order chi connectivity index (χ0) is 13.9. The van der Waals surface area contributed by atoms with E-state index in [4.69, 9.17) is 28.2 Å². The predicted octanol–water partition coefficient (Wildman–Crippen LogP) is 3.89. The molecule has 4 aliphatic rings. The summed E-state index contributed by atoms with van der Waals surface area (Å²) in [5.74, 6) is 0.213. The Hall–Kier alpha value is -1.51. The van der Waals surface area contributed by atoms with Crippen molar-refractivity contribution in [3.63, 3.8) is 0 Å². The maximum atomic E-state index is 6.59.